The Morgan fingerprint density at radius 1 is 0.680 bits per heavy atom. The molecule has 25 heavy (non-hydrogen) atoms. The van der Waals surface area contributed by atoms with E-state index < -0.39 is 0 Å². The van der Waals surface area contributed by atoms with Crippen LogP contribution in [0.3, 0.4) is 0 Å². The third-order valence-electron chi connectivity index (χ3n) is 2.95. The summed E-state index contributed by atoms with van der Waals surface area (Å²) in [5.74, 6) is 0.124. The number of Topliss-reactive ketones (excluding diaryl/α,β-unsaturated/α-hetero) is 1. The lowest BCUT2D eigenvalue weighted by atomic mass is 10.1. The van der Waals surface area contributed by atoms with E-state index in [4.69, 9.17) is 28.4 Å². The highest BCUT2D eigenvalue weighted by atomic mass is 127. The van der Waals surface area contributed by atoms with Crippen molar-refractivity contribution >= 4 is 28.4 Å². The molecule has 150 valence electrons. The average molecular weight is 476 g/mol. The second-order valence-corrected chi connectivity index (χ2v) is 7.29. The highest BCUT2D eigenvalue weighted by molar-refractivity contribution is 14.1. The number of rotatable bonds is 19. The predicted molar refractivity (Wildman–Crippen MR) is 103 cm³/mol. The molecule has 0 spiro atoms. The van der Waals surface area contributed by atoms with Crippen molar-refractivity contribution in [2.75, 3.05) is 72.7 Å². The van der Waals surface area contributed by atoms with E-state index in [1.807, 2.05) is 20.8 Å². The zero-order valence-corrected chi connectivity index (χ0v) is 17.8. The maximum atomic E-state index is 11.3. The van der Waals surface area contributed by atoms with Crippen LogP contribution in [0.1, 0.15) is 20.8 Å². The molecule has 1 unspecified atom stereocenters. The Bertz CT molecular complexity index is 301. The van der Waals surface area contributed by atoms with Gasteiger partial charge in [-0.3, -0.25) is 4.79 Å². The molecule has 7 nitrogen and oxygen atoms in total. The summed E-state index contributed by atoms with van der Waals surface area (Å²) >= 11 is 2.20. The Labute approximate surface area is 165 Å². The van der Waals surface area contributed by atoms with Crippen molar-refractivity contribution in [2.45, 2.75) is 24.9 Å². The van der Waals surface area contributed by atoms with E-state index in [1.54, 1.807) is 0 Å². The molecule has 0 amide bonds. The number of carbonyl (C=O) groups is 1. The van der Waals surface area contributed by atoms with Crippen LogP contribution in [0.5, 0.6) is 0 Å². The first-order valence-corrected chi connectivity index (χ1v) is 9.95. The zero-order chi connectivity index (χ0) is 18.8. The predicted octanol–water partition coefficient (Wildman–Crippen LogP) is 2.09. The van der Waals surface area contributed by atoms with Gasteiger partial charge in [-0.05, 0) is 6.92 Å². The van der Waals surface area contributed by atoms with E-state index in [0.717, 1.165) is 0 Å². The fourth-order valence-electron chi connectivity index (χ4n) is 1.49. The van der Waals surface area contributed by atoms with Gasteiger partial charge in [-0.2, -0.15) is 0 Å². The molecule has 0 aromatic heterocycles. The molecule has 0 aromatic carbocycles. The van der Waals surface area contributed by atoms with E-state index in [-0.39, 0.29) is 22.4 Å². The number of ether oxygens (including phenoxy) is 6. The monoisotopic (exact) mass is 476 g/mol. The fraction of sp³-hybridized carbons (Fsp3) is 0.941. The molecule has 0 aromatic rings. The van der Waals surface area contributed by atoms with Gasteiger partial charge in [-0.25, -0.2) is 0 Å². The number of halogens is 1. The van der Waals surface area contributed by atoms with Gasteiger partial charge < -0.3 is 28.4 Å². The summed E-state index contributed by atoms with van der Waals surface area (Å²) in [7, 11) is 0. The van der Waals surface area contributed by atoms with E-state index >= 15 is 0 Å². The molecule has 0 saturated carbocycles. The lowest BCUT2D eigenvalue weighted by molar-refractivity contribution is -0.127. The summed E-state index contributed by atoms with van der Waals surface area (Å²) in [6.07, 6.45) is 0. The first kappa shape index (κ1) is 25.2. The lowest BCUT2D eigenvalue weighted by Gasteiger charge is -2.09. The fourth-order valence-corrected chi connectivity index (χ4v) is 1.74. The molecule has 1 atom stereocenters. The summed E-state index contributed by atoms with van der Waals surface area (Å²) in [6, 6.07) is 0. The van der Waals surface area contributed by atoms with Gasteiger partial charge in [0.05, 0.1) is 66.1 Å². The Balaban J connectivity index is 3.06. The molecule has 0 aliphatic rings. The van der Waals surface area contributed by atoms with E-state index in [0.29, 0.717) is 66.1 Å². The first-order chi connectivity index (χ1) is 12.0. The minimum atomic E-state index is 0.0155. The van der Waals surface area contributed by atoms with Gasteiger partial charge in [-0.1, -0.05) is 36.4 Å². The third kappa shape index (κ3) is 20.3. The second-order valence-electron chi connectivity index (χ2n) is 5.54. The first-order valence-electron chi connectivity index (χ1n) is 8.71. The van der Waals surface area contributed by atoms with Gasteiger partial charge in [0.1, 0.15) is 10.7 Å². The third-order valence-corrected chi connectivity index (χ3v) is 3.31. The Kier molecular flexibility index (Phi) is 19.1. The topological polar surface area (TPSA) is 72.5 Å². The molecule has 0 N–H and O–H groups in total. The second kappa shape index (κ2) is 18.9. The Morgan fingerprint density at radius 3 is 1.40 bits per heavy atom. The van der Waals surface area contributed by atoms with Crippen LogP contribution in [0.15, 0.2) is 0 Å². The van der Waals surface area contributed by atoms with Crippen LogP contribution >= 0.6 is 22.6 Å². The van der Waals surface area contributed by atoms with Gasteiger partial charge in [0.2, 0.25) is 0 Å². The molecule has 8 heteroatoms. The molecule has 0 rings (SSSR count). The molecule has 0 radical (unpaired) electrons. The van der Waals surface area contributed by atoms with Gasteiger partial charge >= 0.3 is 0 Å². The van der Waals surface area contributed by atoms with Gasteiger partial charge in [0.15, 0.2) is 5.78 Å². The number of carbonyl (C=O) groups excluding carboxylic acids is 1. The van der Waals surface area contributed by atoms with Crippen molar-refractivity contribution < 1.29 is 33.2 Å². The van der Waals surface area contributed by atoms with Crippen LogP contribution in [0, 0.1) is 5.92 Å². The van der Waals surface area contributed by atoms with Crippen molar-refractivity contribution in [1.82, 2.24) is 0 Å². The van der Waals surface area contributed by atoms with Crippen LogP contribution in [0.2, 0.25) is 0 Å². The van der Waals surface area contributed by atoms with E-state index in [9.17, 15) is 4.79 Å². The average Bonchev–Trinajstić information content (AvgIpc) is 2.57. The van der Waals surface area contributed by atoms with Crippen LogP contribution in [0.25, 0.3) is 0 Å². The van der Waals surface area contributed by atoms with Crippen molar-refractivity contribution in [3.8, 4) is 0 Å². The minimum Gasteiger partial charge on any atom is -0.377 e. The highest BCUT2D eigenvalue weighted by Crippen LogP contribution is 1.99. The normalized spacial score (nSPS) is 12.7. The van der Waals surface area contributed by atoms with E-state index in [1.165, 1.54) is 0 Å². The number of alkyl halides is 1. The van der Waals surface area contributed by atoms with Crippen LogP contribution < -0.4 is 0 Å². The number of hydrogen-bond acceptors (Lipinski definition) is 7. The summed E-state index contributed by atoms with van der Waals surface area (Å²) in [4.78, 5) is 11.3. The van der Waals surface area contributed by atoms with Crippen LogP contribution in [-0.2, 0) is 33.2 Å². The summed E-state index contributed by atoms with van der Waals surface area (Å²) in [5, 5.41) is 0. The highest BCUT2D eigenvalue weighted by Gasteiger charge is 2.06. The molecule has 0 aliphatic carbocycles. The van der Waals surface area contributed by atoms with Crippen molar-refractivity contribution in [2.24, 2.45) is 5.92 Å². The van der Waals surface area contributed by atoms with Gasteiger partial charge in [0.25, 0.3) is 0 Å². The number of ketones is 1. The van der Waals surface area contributed by atoms with Crippen molar-refractivity contribution in [3.05, 3.63) is 0 Å². The van der Waals surface area contributed by atoms with Gasteiger partial charge in [0, 0.05) is 5.92 Å². The molecule has 0 fully saturated rings. The number of hydrogen-bond donors (Lipinski definition) is 0. The smallest absolute Gasteiger partial charge is 0.160 e. The maximum absolute atomic E-state index is 11.3. The SMILES string of the molecule is CC(I)OCCOCCOCCOCCOCCOCC(=O)C(C)C. The Hall–Kier alpha value is 0.160. The molecule has 0 saturated heterocycles. The maximum Gasteiger partial charge on any atom is 0.160 e. The van der Waals surface area contributed by atoms with Gasteiger partial charge in [-0.15, -0.1) is 0 Å². The van der Waals surface area contributed by atoms with E-state index in [2.05, 4.69) is 22.6 Å². The molecular formula is C17H33IO7. The van der Waals surface area contributed by atoms with Crippen molar-refractivity contribution in [1.29, 1.82) is 0 Å². The minimum absolute atomic E-state index is 0.0155. The summed E-state index contributed by atoms with van der Waals surface area (Å²) in [6.45, 7) is 11.1. The zero-order valence-electron chi connectivity index (χ0n) is 15.7. The largest absolute Gasteiger partial charge is 0.377 e. The molecule has 0 heterocycles. The van der Waals surface area contributed by atoms with Crippen LogP contribution in [-0.4, -0.2) is 82.6 Å². The summed E-state index contributed by atoms with van der Waals surface area (Å²) in [5.41, 5.74) is 0. The van der Waals surface area contributed by atoms with Crippen molar-refractivity contribution in [3.63, 3.8) is 0 Å². The standard InChI is InChI=1S/C17H33IO7/c1-15(2)17(19)14-24-11-10-22-7-6-20-4-5-21-8-9-23-12-13-25-16(3)18/h15-16H,4-14H2,1-3H3. The van der Waals surface area contributed by atoms with Crippen LogP contribution in [0.4, 0.5) is 0 Å². The molecule has 0 bridgehead atoms. The summed E-state index contributed by atoms with van der Waals surface area (Å²) < 4.78 is 32.2. The molecular weight excluding hydrogens is 443 g/mol. The Morgan fingerprint density at radius 2 is 1.04 bits per heavy atom. The quantitative estimate of drug-likeness (QED) is 0.161. The lowest BCUT2D eigenvalue weighted by Crippen LogP contribution is -2.17. The molecule has 0 aliphatic heterocycles.